The average Bonchev–Trinajstić information content (AvgIpc) is 2.99. The van der Waals surface area contributed by atoms with E-state index in [4.69, 9.17) is 4.52 Å². The first-order chi connectivity index (χ1) is 11.8. The molecule has 5 heteroatoms. The van der Waals surface area contributed by atoms with Gasteiger partial charge in [-0.2, -0.15) is 0 Å². The van der Waals surface area contributed by atoms with Gasteiger partial charge < -0.3 is 4.52 Å². The van der Waals surface area contributed by atoms with Crippen molar-refractivity contribution < 1.29 is 8.91 Å². The van der Waals surface area contributed by atoms with Crippen molar-refractivity contribution in [1.29, 1.82) is 0 Å². The highest BCUT2D eigenvalue weighted by Gasteiger charge is 2.19. The van der Waals surface area contributed by atoms with Crippen LogP contribution in [0.15, 0.2) is 53.1 Å². The van der Waals surface area contributed by atoms with Crippen LogP contribution in [0.1, 0.15) is 11.3 Å². The highest BCUT2D eigenvalue weighted by Crippen LogP contribution is 2.21. The zero-order chi connectivity index (χ0) is 16.4. The van der Waals surface area contributed by atoms with Crippen LogP contribution in [-0.2, 0) is 13.1 Å². The maximum absolute atomic E-state index is 13.2. The van der Waals surface area contributed by atoms with E-state index in [0.29, 0.717) is 5.58 Å². The summed E-state index contributed by atoms with van der Waals surface area (Å²) in [6.07, 6.45) is 0. The number of hydrogen-bond acceptors (Lipinski definition) is 4. The summed E-state index contributed by atoms with van der Waals surface area (Å²) in [7, 11) is 0. The summed E-state index contributed by atoms with van der Waals surface area (Å²) in [6, 6.07) is 15.2. The van der Waals surface area contributed by atoms with E-state index in [0.717, 1.165) is 50.3 Å². The highest BCUT2D eigenvalue weighted by molar-refractivity contribution is 5.79. The summed E-state index contributed by atoms with van der Waals surface area (Å²) in [4.78, 5) is 4.85. The number of fused-ring (bicyclic) bond motifs is 1. The fraction of sp³-hybridized carbons (Fsp3) is 0.316. The van der Waals surface area contributed by atoms with Crippen LogP contribution in [-0.4, -0.2) is 41.1 Å². The maximum Gasteiger partial charge on any atom is 0.170 e. The van der Waals surface area contributed by atoms with E-state index >= 15 is 0 Å². The third kappa shape index (κ3) is 3.32. The topological polar surface area (TPSA) is 32.5 Å². The standard InChI is InChI=1S/C19H20FN3O/c20-16-6-7-17-18(21-24-19(17)12-16)14-23-10-8-22(9-11-23)13-15-4-2-1-3-5-15/h1-7,12H,8-11,13-14H2. The quantitative estimate of drug-likeness (QED) is 0.737. The lowest BCUT2D eigenvalue weighted by molar-refractivity contribution is 0.120. The molecule has 0 radical (unpaired) electrons. The average molecular weight is 325 g/mol. The molecule has 1 aromatic heterocycles. The van der Waals surface area contributed by atoms with Gasteiger partial charge in [0.15, 0.2) is 5.58 Å². The van der Waals surface area contributed by atoms with Gasteiger partial charge >= 0.3 is 0 Å². The predicted molar refractivity (Wildman–Crippen MR) is 91.0 cm³/mol. The number of benzene rings is 2. The Morgan fingerprint density at radius 2 is 1.62 bits per heavy atom. The second-order valence-corrected chi connectivity index (χ2v) is 6.31. The molecule has 0 spiro atoms. The van der Waals surface area contributed by atoms with Gasteiger partial charge in [-0.25, -0.2) is 4.39 Å². The molecule has 4 nitrogen and oxygen atoms in total. The second-order valence-electron chi connectivity index (χ2n) is 6.31. The van der Waals surface area contributed by atoms with E-state index in [1.165, 1.54) is 17.7 Å². The number of rotatable bonds is 4. The molecule has 24 heavy (non-hydrogen) atoms. The molecule has 1 aliphatic rings. The largest absolute Gasteiger partial charge is 0.356 e. The van der Waals surface area contributed by atoms with Crippen molar-refractivity contribution in [3.8, 4) is 0 Å². The van der Waals surface area contributed by atoms with Crippen LogP contribution < -0.4 is 0 Å². The number of aromatic nitrogens is 1. The van der Waals surface area contributed by atoms with Crippen LogP contribution in [0.3, 0.4) is 0 Å². The van der Waals surface area contributed by atoms with Crippen LogP contribution >= 0.6 is 0 Å². The molecule has 0 N–H and O–H groups in total. The minimum Gasteiger partial charge on any atom is -0.356 e. The zero-order valence-electron chi connectivity index (χ0n) is 13.5. The predicted octanol–water partition coefficient (Wildman–Crippen LogP) is 3.28. The van der Waals surface area contributed by atoms with Gasteiger partial charge in [-0.3, -0.25) is 9.80 Å². The van der Waals surface area contributed by atoms with E-state index in [1.807, 2.05) is 0 Å². The van der Waals surface area contributed by atoms with Crippen molar-refractivity contribution in [3.63, 3.8) is 0 Å². The minimum absolute atomic E-state index is 0.292. The van der Waals surface area contributed by atoms with E-state index in [-0.39, 0.29) is 5.82 Å². The van der Waals surface area contributed by atoms with E-state index < -0.39 is 0 Å². The highest BCUT2D eigenvalue weighted by atomic mass is 19.1. The smallest absolute Gasteiger partial charge is 0.170 e. The Kier molecular flexibility index (Phi) is 4.28. The van der Waals surface area contributed by atoms with Crippen molar-refractivity contribution in [1.82, 2.24) is 15.0 Å². The fourth-order valence-electron chi connectivity index (χ4n) is 3.24. The van der Waals surface area contributed by atoms with Gasteiger partial charge in [-0.1, -0.05) is 35.5 Å². The molecule has 3 aromatic rings. The summed E-state index contributed by atoms with van der Waals surface area (Å²) in [6.45, 7) is 5.84. The molecular weight excluding hydrogens is 305 g/mol. The third-order valence-corrected chi connectivity index (χ3v) is 4.60. The van der Waals surface area contributed by atoms with Gasteiger partial charge in [0.05, 0.1) is 0 Å². The first kappa shape index (κ1) is 15.3. The summed E-state index contributed by atoms with van der Waals surface area (Å²) in [5, 5.41) is 5.03. The van der Waals surface area contributed by atoms with Gasteiger partial charge in [0.2, 0.25) is 0 Å². The Hall–Kier alpha value is -2.24. The van der Waals surface area contributed by atoms with Crippen molar-refractivity contribution in [2.24, 2.45) is 0 Å². The van der Waals surface area contributed by atoms with Gasteiger partial charge in [-0.15, -0.1) is 0 Å². The molecule has 2 heterocycles. The summed E-state index contributed by atoms with van der Waals surface area (Å²) in [5.41, 5.74) is 2.77. The Morgan fingerprint density at radius 3 is 2.38 bits per heavy atom. The van der Waals surface area contributed by atoms with Crippen molar-refractivity contribution in [2.45, 2.75) is 13.1 Å². The summed E-state index contributed by atoms with van der Waals surface area (Å²) >= 11 is 0. The molecule has 0 amide bonds. The third-order valence-electron chi connectivity index (χ3n) is 4.60. The van der Waals surface area contributed by atoms with Crippen molar-refractivity contribution >= 4 is 11.0 Å². The molecule has 1 aliphatic heterocycles. The molecule has 0 bridgehead atoms. The van der Waals surface area contributed by atoms with Crippen LogP contribution in [0, 0.1) is 5.82 Å². The van der Waals surface area contributed by atoms with Gasteiger partial charge in [-0.05, 0) is 17.7 Å². The lowest BCUT2D eigenvalue weighted by Crippen LogP contribution is -2.45. The van der Waals surface area contributed by atoms with Crippen LogP contribution in [0.2, 0.25) is 0 Å². The second kappa shape index (κ2) is 6.71. The first-order valence-electron chi connectivity index (χ1n) is 8.30. The molecule has 0 atom stereocenters. The van der Waals surface area contributed by atoms with E-state index in [9.17, 15) is 4.39 Å². The lowest BCUT2D eigenvalue weighted by Gasteiger charge is -2.34. The van der Waals surface area contributed by atoms with Crippen molar-refractivity contribution in [2.75, 3.05) is 26.2 Å². The molecule has 124 valence electrons. The summed E-state index contributed by atoms with van der Waals surface area (Å²) in [5.74, 6) is -0.292. The normalized spacial score (nSPS) is 16.7. The van der Waals surface area contributed by atoms with E-state index in [2.05, 4.69) is 45.3 Å². The summed E-state index contributed by atoms with van der Waals surface area (Å²) < 4.78 is 18.5. The van der Waals surface area contributed by atoms with E-state index in [1.54, 1.807) is 6.07 Å². The van der Waals surface area contributed by atoms with Crippen LogP contribution in [0.25, 0.3) is 11.0 Å². The molecule has 0 unspecified atom stereocenters. The molecular formula is C19H20FN3O. The maximum atomic E-state index is 13.2. The first-order valence-corrected chi connectivity index (χ1v) is 8.30. The van der Waals surface area contributed by atoms with Gasteiger partial charge in [0.1, 0.15) is 11.5 Å². The number of nitrogens with zero attached hydrogens (tertiary/aromatic N) is 3. The fourth-order valence-corrected chi connectivity index (χ4v) is 3.24. The zero-order valence-corrected chi connectivity index (χ0v) is 13.5. The molecule has 1 fully saturated rings. The number of halogens is 1. The minimum atomic E-state index is -0.292. The number of piperazine rings is 1. The molecule has 2 aromatic carbocycles. The SMILES string of the molecule is Fc1ccc2c(CN3CCN(Cc4ccccc4)CC3)noc2c1. The Labute approximate surface area is 140 Å². The van der Waals surface area contributed by atoms with Crippen LogP contribution in [0.5, 0.6) is 0 Å². The van der Waals surface area contributed by atoms with Crippen LogP contribution in [0.4, 0.5) is 4.39 Å². The van der Waals surface area contributed by atoms with Gasteiger partial charge in [0.25, 0.3) is 0 Å². The molecule has 1 saturated heterocycles. The monoisotopic (exact) mass is 325 g/mol. The Morgan fingerprint density at radius 1 is 0.917 bits per heavy atom. The Balaban J connectivity index is 1.36. The van der Waals surface area contributed by atoms with Gasteiger partial charge in [0, 0.05) is 50.7 Å². The Bertz CT molecular complexity index is 810. The molecule has 0 saturated carbocycles. The number of hydrogen-bond donors (Lipinski definition) is 0. The molecule has 4 rings (SSSR count). The van der Waals surface area contributed by atoms with Crippen molar-refractivity contribution in [3.05, 3.63) is 65.6 Å². The lowest BCUT2D eigenvalue weighted by atomic mass is 10.2. The molecule has 0 aliphatic carbocycles.